The molecule has 2 aliphatic carbocycles. The van der Waals surface area contributed by atoms with E-state index in [9.17, 15) is 22.8 Å². The van der Waals surface area contributed by atoms with Crippen LogP contribution in [0.4, 0.5) is 19.0 Å². The Balaban J connectivity index is 1.59. The van der Waals surface area contributed by atoms with Crippen molar-refractivity contribution in [1.29, 1.82) is 5.41 Å². The Hall–Kier alpha value is -3.70. The molecule has 2 aliphatic rings. The molecule has 0 spiro atoms. The molecule has 204 valence electrons. The van der Waals surface area contributed by atoms with E-state index in [1.54, 1.807) is 6.92 Å². The summed E-state index contributed by atoms with van der Waals surface area (Å²) in [5.74, 6) is -1.84. The van der Waals surface area contributed by atoms with Gasteiger partial charge in [-0.05, 0) is 82.4 Å². The number of halogens is 3. The van der Waals surface area contributed by atoms with Gasteiger partial charge in [0.25, 0.3) is 12.3 Å². The van der Waals surface area contributed by atoms with Crippen LogP contribution in [0.15, 0.2) is 30.1 Å². The lowest BCUT2D eigenvalue weighted by Crippen LogP contribution is -2.50. The fraction of sp³-hybridized carbons (Fsp3) is 0.500. The Morgan fingerprint density at radius 3 is 2.26 bits per heavy atom. The maximum Gasteiger partial charge on any atom is 0.270 e. The molecule has 4 rings (SSSR count). The first-order valence-corrected chi connectivity index (χ1v) is 12.6. The van der Waals surface area contributed by atoms with Gasteiger partial charge >= 0.3 is 0 Å². The third kappa shape index (κ3) is 5.89. The number of hydrogen-bond acceptors (Lipinski definition) is 6. The van der Waals surface area contributed by atoms with Gasteiger partial charge < -0.3 is 21.8 Å². The normalized spacial score (nSPS) is 17.7. The lowest BCUT2D eigenvalue weighted by atomic mass is 9.88. The van der Waals surface area contributed by atoms with Gasteiger partial charge in [-0.3, -0.25) is 14.3 Å². The van der Waals surface area contributed by atoms with Crippen LogP contribution in [0.25, 0.3) is 5.57 Å². The number of aromatic nitrogens is 3. The van der Waals surface area contributed by atoms with E-state index in [4.69, 9.17) is 11.1 Å². The zero-order chi connectivity index (χ0) is 27.7. The molecule has 9 nitrogen and oxygen atoms in total. The van der Waals surface area contributed by atoms with Gasteiger partial charge in [0.2, 0.25) is 11.9 Å². The highest BCUT2D eigenvalue weighted by molar-refractivity contribution is 6.21. The monoisotopic (exact) mass is 531 g/mol. The van der Waals surface area contributed by atoms with E-state index in [1.807, 2.05) is 0 Å². The van der Waals surface area contributed by atoms with Crippen molar-refractivity contribution < 1.29 is 22.8 Å². The topological polar surface area (TPSA) is 139 Å². The van der Waals surface area contributed by atoms with E-state index in [-0.39, 0.29) is 51.8 Å². The molecule has 2 aromatic rings. The average Bonchev–Trinajstić information content (AvgIpc) is 3.78. The maximum atomic E-state index is 14.9. The molecule has 2 amide bonds. The van der Waals surface area contributed by atoms with Crippen LogP contribution >= 0.6 is 0 Å². The summed E-state index contributed by atoms with van der Waals surface area (Å²) in [5, 5.41) is 17.1. The summed E-state index contributed by atoms with van der Waals surface area (Å²) in [6.45, 7) is 4.30. The Labute approximate surface area is 218 Å². The number of hydrogen-bond donors (Lipinski definition) is 4. The van der Waals surface area contributed by atoms with Crippen LogP contribution in [-0.4, -0.2) is 44.8 Å². The number of carbonyl (C=O) groups excluding carboxylic acids is 2. The SMILES string of the molecule is CC(=N)C(=C(C)N)c1ccc(NC(=O)[C@@H](NC(=O)c2ccnn2C(C)C(F)F)C(C2CC2)C2CC2)nc1F. The summed E-state index contributed by atoms with van der Waals surface area (Å²) in [4.78, 5) is 30.6. The predicted molar refractivity (Wildman–Crippen MR) is 136 cm³/mol. The van der Waals surface area contributed by atoms with Crippen molar-refractivity contribution in [2.75, 3.05) is 5.32 Å². The zero-order valence-electron chi connectivity index (χ0n) is 21.5. The summed E-state index contributed by atoms with van der Waals surface area (Å²) in [6.07, 6.45) is 2.25. The highest BCUT2D eigenvalue weighted by Crippen LogP contribution is 2.51. The first-order chi connectivity index (χ1) is 18.0. The van der Waals surface area contributed by atoms with Gasteiger partial charge in [-0.15, -0.1) is 0 Å². The number of alkyl halides is 2. The molecule has 0 bridgehead atoms. The highest BCUT2D eigenvalue weighted by atomic mass is 19.3. The molecule has 2 atom stereocenters. The smallest absolute Gasteiger partial charge is 0.270 e. The molecule has 38 heavy (non-hydrogen) atoms. The molecule has 2 fully saturated rings. The number of nitrogens with two attached hydrogens (primary N) is 1. The van der Waals surface area contributed by atoms with Gasteiger partial charge in [-0.2, -0.15) is 9.49 Å². The molecule has 0 radical (unpaired) electrons. The van der Waals surface area contributed by atoms with Gasteiger partial charge in [-0.25, -0.2) is 13.8 Å². The predicted octanol–water partition coefficient (Wildman–Crippen LogP) is 4.15. The van der Waals surface area contributed by atoms with Crippen LogP contribution in [-0.2, 0) is 4.79 Å². The van der Waals surface area contributed by atoms with Crippen LogP contribution in [0.5, 0.6) is 0 Å². The largest absolute Gasteiger partial charge is 0.402 e. The number of pyridine rings is 1. The first-order valence-electron chi connectivity index (χ1n) is 12.6. The summed E-state index contributed by atoms with van der Waals surface area (Å²) in [5.41, 5.74) is 6.33. The standard InChI is InChI=1S/C26H32F3N7O2/c1-12(30)20(13(2)31)17-8-9-19(33-24(17)29)34-26(38)22(21(15-4-5-15)16-6-7-16)35-25(37)18-10-11-32-36(18)14(3)23(27)28/h8-11,14-16,21-23,30H,4-7,31H2,1-3H3,(H,35,37)(H,33,34,38)/t14?,22-/m0/s1. The Morgan fingerprint density at radius 1 is 1.13 bits per heavy atom. The number of anilines is 1. The van der Waals surface area contributed by atoms with E-state index < -0.39 is 36.3 Å². The third-order valence-corrected chi connectivity index (χ3v) is 7.08. The van der Waals surface area contributed by atoms with Crippen LogP contribution < -0.4 is 16.4 Å². The van der Waals surface area contributed by atoms with Gasteiger partial charge in [0.15, 0.2) is 0 Å². The number of amides is 2. The zero-order valence-corrected chi connectivity index (χ0v) is 21.5. The minimum absolute atomic E-state index is 0.0376. The van der Waals surface area contributed by atoms with Crippen molar-refractivity contribution in [3.05, 3.63) is 47.3 Å². The van der Waals surface area contributed by atoms with Crippen molar-refractivity contribution in [2.45, 2.75) is 65.0 Å². The molecule has 0 saturated heterocycles. The molecular formula is C26H32F3N7O2. The number of nitrogens with zero attached hydrogens (tertiary/aromatic N) is 3. The maximum absolute atomic E-state index is 14.9. The molecule has 12 heteroatoms. The number of allylic oxidation sites excluding steroid dienone is 2. The molecule has 2 saturated carbocycles. The van der Waals surface area contributed by atoms with Gasteiger partial charge in [0.05, 0.1) is 0 Å². The number of nitrogens with one attached hydrogen (secondary N) is 3. The van der Waals surface area contributed by atoms with Gasteiger partial charge in [-0.1, -0.05) is 0 Å². The van der Waals surface area contributed by atoms with E-state index in [0.717, 1.165) is 30.4 Å². The second-order valence-electron chi connectivity index (χ2n) is 10.1. The summed E-state index contributed by atoms with van der Waals surface area (Å²) < 4.78 is 42.5. The lowest BCUT2D eigenvalue weighted by Gasteiger charge is -2.27. The molecule has 2 heterocycles. The Kier molecular flexibility index (Phi) is 7.89. The molecule has 5 N–H and O–H groups in total. The number of rotatable bonds is 11. The van der Waals surface area contributed by atoms with Crippen molar-refractivity contribution in [3.63, 3.8) is 0 Å². The van der Waals surface area contributed by atoms with Crippen LogP contribution in [0.3, 0.4) is 0 Å². The number of carbonyl (C=O) groups is 2. The van der Waals surface area contributed by atoms with Crippen molar-refractivity contribution in [3.8, 4) is 0 Å². The second kappa shape index (κ2) is 11.0. The molecule has 1 unspecified atom stereocenters. The fourth-order valence-electron chi connectivity index (χ4n) is 4.97. The van der Waals surface area contributed by atoms with E-state index in [0.29, 0.717) is 0 Å². The molecule has 0 aromatic carbocycles. The Morgan fingerprint density at radius 2 is 1.76 bits per heavy atom. The molecule has 0 aliphatic heterocycles. The lowest BCUT2D eigenvalue weighted by molar-refractivity contribution is -0.119. The van der Waals surface area contributed by atoms with Crippen LogP contribution in [0.1, 0.15) is 68.5 Å². The van der Waals surface area contributed by atoms with Crippen molar-refractivity contribution in [2.24, 2.45) is 23.5 Å². The van der Waals surface area contributed by atoms with E-state index >= 15 is 0 Å². The van der Waals surface area contributed by atoms with Gasteiger partial charge in [0.1, 0.15) is 23.6 Å². The Bertz CT molecular complexity index is 1250. The fourth-order valence-corrected chi connectivity index (χ4v) is 4.97. The van der Waals surface area contributed by atoms with E-state index in [1.165, 1.54) is 38.2 Å². The van der Waals surface area contributed by atoms with Gasteiger partial charge in [0, 0.05) is 28.7 Å². The quantitative estimate of drug-likeness (QED) is 0.255. The summed E-state index contributed by atoms with van der Waals surface area (Å²) in [6, 6.07) is 1.83. The summed E-state index contributed by atoms with van der Waals surface area (Å²) >= 11 is 0. The molecular weight excluding hydrogens is 499 g/mol. The van der Waals surface area contributed by atoms with Crippen molar-refractivity contribution >= 4 is 28.9 Å². The van der Waals surface area contributed by atoms with Crippen LogP contribution in [0, 0.1) is 29.1 Å². The minimum atomic E-state index is -2.73. The van der Waals surface area contributed by atoms with Crippen molar-refractivity contribution in [1.82, 2.24) is 20.1 Å². The molecule has 2 aromatic heterocycles. The average molecular weight is 532 g/mol. The summed E-state index contributed by atoms with van der Waals surface area (Å²) in [7, 11) is 0. The van der Waals surface area contributed by atoms with E-state index in [2.05, 4.69) is 20.7 Å². The highest BCUT2D eigenvalue weighted by Gasteiger charge is 2.48. The second-order valence-corrected chi connectivity index (χ2v) is 10.1. The van der Waals surface area contributed by atoms with Crippen LogP contribution in [0.2, 0.25) is 0 Å². The third-order valence-electron chi connectivity index (χ3n) is 7.08. The minimum Gasteiger partial charge on any atom is -0.402 e. The first kappa shape index (κ1) is 27.3.